The number of amides is 1. The first kappa shape index (κ1) is 16.8. The van der Waals surface area contributed by atoms with Crippen molar-refractivity contribution in [2.45, 2.75) is 25.2 Å². The van der Waals surface area contributed by atoms with E-state index in [4.69, 9.17) is 4.74 Å². The summed E-state index contributed by atoms with van der Waals surface area (Å²) in [4.78, 5) is 23.3. The van der Waals surface area contributed by atoms with E-state index in [9.17, 15) is 4.79 Å². The number of fused-ring (bicyclic) bond motifs is 3. The molecule has 2 unspecified atom stereocenters. The van der Waals surface area contributed by atoms with Crippen molar-refractivity contribution in [3.05, 3.63) is 60.2 Å². The van der Waals surface area contributed by atoms with E-state index in [1.807, 2.05) is 39.9 Å². The van der Waals surface area contributed by atoms with Gasteiger partial charge in [0.25, 0.3) is 5.91 Å². The fraction of sp³-hybridized carbons (Fsp3) is 0.316. The van der Waals surface area contributed by atoms with Crippen LogP contribution in [0.3, 0.4) is 0 Å². The van der Waals surface area contributed by atoms with Crippen molar-refractivity contribution in [1.29, 1.82) is 0 Å². The summed E-state index contributed by atoms with van der Waals surface area (Å²) in [5.41, 5.74) is 2.30. The second kappa shape index (κ2) is 7.01. The van der Waals surface area contributed by atoms with E-state index in [1.165, 1.54) is 0 Å². The standard InChI is InChI=1S/C19H19N7O2/c27-18(13-8-20-19(21-9-13)23-14-4-2-1-3-5-14)25-7-6-17-16(11-25)26-15(12-28-17)10-22-24-26/h1-5,8-10,16-17H,6-7,11-12H2,(H,20,21,23). The fourth-order valence-corrected chi connectivity index (χ4v) is 3.70. The lowest BCUT2D eigenvalue weighted by Crippen LogP contribution is -2.49. The summed E-state index contributed by atoms with van der Waals surface area (Å²) < 4.78 is 7.79. The molecule has 0 spiro atoms. The maximum Gasteiger partial charge on any atom is 0.257 e. The Kier molecular flexibility index (Phi) is 4.21. The molecule has 1 amide bonds. The summed E-state index contributed by atoms with van der Waals surface area (Å²) in [5.74, 6) is 0.367. The Morgan fingerprint density at radius 1 is 1.14 bits per heavy atom. The van der Waals surface area contributed by atoms with E-state index in [0.717, 1.165) is 17.8 Å². The highest BCUT2D eigenvalue weighted by Crippen LogP contribution is 2.30. The van der Waals surface area contributed by atoms with Crippen LogP contribution < -0.4 is 5.32 Å². The van der Waals surface area contributed by atoms with Crippen LogP contribution >= 0.6 is 0 Å². The summed E-state index contributed by atoms with van der Waals surface area (Å²) in [7, 11) is 0. The van der Waals surface area contributed by atoms with Gasteiger partial charge in [0.1, 0.15) is 0 Å². The smallest absolute Gasteiger partial charge is 0.257 e. The lowest BCUT2D eigenvalue weighted by Gasteiger charge is -2.40. The van der Waals surface area contributed by atoms with E-state index in [2.05, 4.69) is 25.6 Å². The van der Waals surface area contributed by atoms with Crippen molar-refractivity contribution in [2.75, 3.05) is 18.4 Å². The Balaban J connectivity index is 1.29. The number of likely N-dealkylation sites (tertiary alicyclic amines) is 1. The van der Waals surface area contributed by atoms with Crippen molar-refractivity contribution >= 4 is 17.5 Å². The molecule has 1 N–H and O–H groups in total. The summed E-state index contributed by atoms with van der Waals surface area (Å²) in [6, 6.07) is 9.65. The van der Waals surface area contributed by atoms with Crippen LogP contribution in [0.1, 0.15) is 28.5 Å². The molecule has 2 aliphatic heterocycles. The Hall–Kier alpha value is -3.33. The number of hydrogen-bond donors (Lipinski definition) is 1. The predicted octanol–water partition coefficient (Wildman–Crippen LogP) is 1.80. The summed E-state index contributed by atoms with van der Waals surface area (Å²) >= 11 is 0. The number of nitrogens with zero attached hydrogens (tertiary/aromatic N) is 6. The lowest BCUT2D eigenvalue weighted by molar-refractivity contribution is -0.0605. The van der Waals surface area contributed by atoms with Gasteiger partial charge in [0, 0.05) is 31.2 Å². The molecule has 1 fully saturated rings. The van der Waals surface area contributed by atoms with Gasteiger partial charge in [-0.3, -0.25) is 4.79 Å². The number of para-hydroxylation sites is 1. The third kappa shape index (κ3) is 3.09. The quantitative estimate of drug-likeness (QED) is 0.743. The molecule has 2 aliphatic rings. The maximum atomic E-state index is 12.9. The average Bonchev–Trinajstić information content (AvgIpc) is 3.24. The molecular formula is C19H19N7O2. The SMILES string of the molecule is O=C(c1cnc(Nc2ccccc2)nc1)N1CCC2OCc3cnnn3C2C1. The van der Waals surface area contributed by atoms with Crippen LogP contribution in [0.25, 0.3) is 0 Å². The molecule has 2 aromatic heterocycles. The minimum atomic E-state index is -0.0862. The fourth-order valence-electron chi connectivity index (χ4n) is 3.70. The predicted molar refractivity (Wildman–Crippen MR) is 99.9 cm³/mol. The van der Waals surface area contributed by atoms with Gasteiger partial charge in [-0.25, -0.2) is 14.6 Å². The van der Waals surface area contributed by atoms with Gasteiger partial charge in [-0.2, -0.15) is 0 Å². The molecule has 3 aromatic rings. The van der Waals surface area contributed by atoms with Gasteiger partial charge in [-0.1, -0.05) is 23.4 Å². The highest BCUT2D eigenvalue weighted by atomic mass is 16.5. The van der Waals surface area contributed by atoms with Gasteiger partial charge in [-0.05, 0) is 18.6 Å². The molecule has 0 aliphatic carbocycles. The highest BCUT2D eigenvalue weighted by Gasteiger charge is 2.38. The molecule has 2 atom stereocenters. The van der Waals surface area contributed by atoms with Crippen molar-refractivity contribution in [3.63, 3.8) is 0 Å². The van der Waals surface area contributed by atoms with E-state index in [-0.39, 0.29) is 18.1 Å². The number of nitrogens with one attached hydrogen (secondary N) is 1. The van der Waals surface area contributed by atoms with Gasteiger partial charge in [-0.15, -0.1) is 5.10 Å². The van der Waals surface area contributed by atoms with Crippen LogP contribution in [-0.4, -0.2) is 55.0 Å². The molecule has 1 aromatic carbocycles. The Morgan fingerprint density at radius 3 is 2.79 bits per heavy atom. The number of anilines is 2. The summed E-state index contributed by atoms with van der Waals surface area (Å²) in [6.45, 7) is 1.68. The van der Waals surface area contributed by atoms with Gasteiger partial charge in [0.2, 0.25) is 5.95 Å². The zero-order valence-electron chi connectivity index (χ0n) is 15.1. The Bertz CT molecular complexity index is 973. The van der Waals surface area contributed by atoms with Crippen molar-refractivity contribution in [3.8, 4) is 0 Å². The van der Waals surface area contributed by atoms with Crippen LogP contribution in [-0.2, 0) is 11.3 Å². The van der Waals surface area contributed by atoms with Crippen LogP contribution in [0.5, 0.6) is 0 Å². The second-order valence-electron chi connectivity index (χ2n) is 6.91. The Morgan fingerprint density at radius 2 is 1.96 bits per heavy atom. The van der Waals surface area contributed by atoms with Crippen molar-refractivity contribution in [1.82, 2.24) is 29.9 Å². The number of rotatable bonds is 3. The molecule has 9 heteroatoms. The molecule has 142 valence electrons. The highest BCUT2D eigenvalue weighted by molar-refractivity contribution is 5.93. The first-order valence-electron chi connectivity index (χ1n) is 9.22. The molecule has 0 saturated carbocycles. The molecule has 1 saturated heterocycles. The molecule has 9 nitrogen and oxygen atoms in total. The zero-order chi connectivity index (χ0) is 18.9. The van der Waals surface area contributed by atoms with E-state index in [0.29, 0.717) is 31.2 Å². The number of carbonyl (C=O) groups is 1. The van der Waals surface area contributed by atoms with E-state index in [1.54, 1.807) is 18.6 Å². The minimum absolute atomic E-state index is 0.0103. The number of ether oxygens (including phenoxy) is 1. The molecule has 0 radical (unpaired) electrons. The van der Waals surface area contributed by atoms with Gasteiger partial charge >= 0.3 is 0 Å². The number of piperidine rings is 1. The molecule has 4 heterocycles. The largest absolute Gasteiger partial charge is 0.370 e. The lowest BCUT2D eigenvalue weighted by atomic mass is 10.00. The monoisotopic (exact) mass is 377 g/mol. The Labute approximate surface area is 161 Å². The second-order valence-corrected chi connectivity index (χ2v) is 6.91. The van der Waals surface area contributed by atoms with Gasteiger partial charge in [0.15, 0.2) is 0 Å². The molecule has 5 rings (SSSR count). The first-order chi connectivity index (χ1) is 13.8. The van der Waals surface area contributed by atoms with Crippen molar-refractivity contribution < 1.29 is 9.53 Å². The van der Waals surface area contributed by atoms with Crippen LogP contribution in [0.15, 0.2) is 48.9 Å². The van der Waals surface area contributed by atoms with Crippen LogP contribution in [0.4, 0.5) is 11.6 Å². The number of carbonyl (C=O) groups excluding carboxylic acids is 1. The third-order valence-electron chi connectivity index (χ3n) is 5.14. The minimum Gasteiger partial charge on any atom is -0.370 e. The topological polar surface area (TPSA) is 98.1 Å². The van der Waals surface area contributed by atoms with Crippen LogP contribution in [0, 0.1) is 0 Å². The van der Waals surface area contributed by atoms with Crippen molar-refractivity contribution in [2.24, 2.45) is 0 Å². The van der Waals surface area contributed by atoms with Crippen LogP contribution in [0.2, 0.25) is 0 Å². The van der Waals surface area contributed by atoms with Gasteiger partial charge in [0.05, 0.1) is 36.2 Å². The molecule has 28 heavy (non-hydrogen) atoms. The number of benzene rings is 1. The molecule has 0 bridgehead atoms. The summed E-state index contributed by atoms with van der Waals surface area (Å²) in [6.07, 6.45) is 5.66. The molecular weight excluding hydrogens is 358 g/mol. The van der Waals surface area contributed by atoms with E-state index < -0.39 is 0 Å². The van der Waals surface area contributed by atoms with Gasteiger partial charge < -0.3 is 15.0 Å². The zero-order valence-corrected chi connectivity index (χ0v) is 15.1. The first-order valence-corrected chi connectivity index (χ1v) is 9.22. The normalized spacial score (nSPS) is 20.9. The summed E-state index contributed by atoms with van der Waals surface area (Å²) in [5, 5.41) is 11.3. The average molecular weight is 377 g/mol. The maximum absolute atomic E-state index is 12.9. The van der Waals surface area contributed by atoms with E-state index >= 15 is 0 Å². The third-order valence-corrected chi connectivity index (χ3v) is 5.14. The number of aromatic nitrogens is 5. The number of hydrogen-bond acceptors (Lipinski definition) is 7.